The van der Waals surface area contributed by atoms with Crippen molar-refractivity contribution in [3.63, 3.8) is 0 Å². The Balaban J connectivity index is 0.000000360. The Morgan fingerprint density at radius 1 is 0.194 bits per heavy atom. The minimum Gasteiger partial charge on any atom is -0.662 e. The molecule has 5 rings (SSSR count). The third kappa shape index (κ3) is 26.7. The smallest absolute Gasteiger partial charge is 0.662 e. The van der Waals surface area contributed by atoms with E-state index in [0.29, 0.717) is 0 Å². The normalized spacial score (nSPS) is 23.2. The van der Waals surface area contributed by atoms with Gasteiger partial charge < -0.3 is 26.6 Å². The molecule has 0 aromatic heterocycles. The monoisotopic (exact) mass is 601 g/mol. The molecule has 0 amide bonds. The first-order valence-electron chi connectivity index (χ1n) is 13.2. The third-order valence-electron chi connectivity index (χ3n) is 5.66. The van der Waals surface area contributed by atoms with E-state index in [1.807, 2.05) is 0 Å². The van der Waals surface area contributed by atoms with Crippen molar-refractivity contribution in [3.8, 4) is 0 Å². The van der Waals surface area contributed by atoms with Crippen LogP contribution in [0.3, 0.4) is 0 Å². The van der Waals surface area contributed by atoms with E-state index < -0.39 is 0 Å². The molecule has 5 saturated heterocycles. The molecule has 5 nitrogen and oxygen atoms in total. The second kappa shape index (κ2) is 28.6. The summed E-state index contributed by atoms with van der Waals surface area (Å²) in [5.74, 6) is 0. The minimum absolute atomic E-state index is 0. The molecule has 0 aromatic rings. The van der Waals surface area contributed by atoms with E-state index in [-0.39, 0.29) is 22.4 Å². The molecule has 31 heavy (non-hydrogen) atoms. The van der Waals surface area contributed by atoms with Crippen molar-refractivity contribution in [1.29, 1.82) is 0 Å². The van der Waals surface area contributed by atoms with Gasteiger partial charge in [-0.2, -0.15) is 0 Å². The zero-order valence-electron chi connectivity index (χ0n) is 20.4. The molecule has 5 heterocycles. The van der Waals surface area contributed by atoms with Crippen LogP contribution in [0.4, 0.5) is 0 Å². The van der Waals surface area contributed by atoms with Crippen molar-refractivity contribution in [2.24, 2.45) is 0 Å². The number of hydrogen-bond acceptors (Lipinski definition) is 0. The average molecular weight is 602 g/mol. The van der Waals surface area contributed by atoms with Crippen LogP contribution in [0.25, 0.3) is 26.6 Å². The molecule has 0 saturated carbocycles. The Labute approximate surface area is 210 Å². The van der Waals surface area contributed by atoms with Gasteiger partial charge in [0.25, 0.3) is 0 Å². The van der Waals surface area contributed by atoms with Crippen LogP contribution in [0, 0.1) is 0 Å². The Bertz CT molecular complexity index is 173. The average Bonchev–Trinajstić information content (AvgIpc) is 2.91. The van der Waals surface area contributed by atoms with Gasteiger partial charge in [0.05, 0.1) is 0 Å². The van der Waals surface area contributed by atoms with Crippen LogP contribution in [-0.2, 0) is 22.4 Å². The van der Waals surface area contributed by atoms with Gasteiger partial charge in [-0.05, 0) is 0 Å². The summed E-state index contributed by atoms with van der Waals surface area (Å²) in [6.45, 7) is 11.2. The van der Waals surface area contributed by atoms with Crippen LogP contribution in [0.1, 0.15) is 96.3 Å². The molecule has 5 aliphatic rings. The number of piperidine rings is 5. The number of rotatable bonds is 0. The predicted octanol–water partition coefficient (Wildman–Crippen LogP) is 7.72. The van der Waals surface area contributed by atoms with Crippen LogP contribution < -0.4 is 0 Å². The van der Waals surface area contributed by atoms with Crippen LogP contribution in [0.5, 0.6) is 0 Å². The van der Waals surface area contributed by atoms with Gasteiger partial charge in [-0.15, -0.1) is 65.4 Å². The van der Waals surface area contributed by atoms with Crippen molar-refractivity contribution < 1.29 is 22.4 Å². The molecule has 5 aliphatic heterocycles. The summed E-state index contributed by atoms with van der Waals surface area (Å²) in [7, 11) is 0. The second-order valence-electron chi connectivity index (χ2n) is 8.66. The van der Waals surface area contributed by atoms with Crippen molar-refractivity contribution in [1.82, 2.24) is 0 Å². The Morgan fingerprint density at radius 2 is 0.323 bits per heavy atom. The number of nitrogens with zero attached hydrogens (tertiary/aromatic N) is 5. The van der Waals surface area contributed by atoms with Crippen LogP contribution in [-0.4, -0.2) is 65.4 Å². The van der Waals surface area contributed by atoms with Crippen LogP contribution in [0.2, 0.25) is 0 Å². The molecule has 180 valence electrons. The molecule has 0 unspecified atom stereocenters. The van der Waals surface area contributed by atoms with E-state index in [0.717, 1.165) is 65.4 Å². The molecule has 0 bridgehead atoms. The minimum atomic E-state index is 0. The van der Waals surface area contributed by atoms with E-state index in [2.05, 4.69) is 26.6 Å². The van der Waals surface area contributed by atoms with Gasteiger partial charge in [0.2, 0.25) is 0 Å². The van der Waals surface area contributed by atoms with Crippen LogP contribution in [0.15, 0.2) is 0 Å². The summed E-state index contributed by atoms with van der Waals surface area (Å²) >= 11 is 0. The SMILES string of the molecule is C1CC[N-]CC1.C1CC[N-]CC1.C1CC[N-]CC1.C1CC[N-]CC1.C1CC[N-]CC1.[Ta+5]. The van der Waals surface area contributed by atoms with Gasteiger partial charge in [-0.3, -0.25) is 0 Å². The summed E-state index contributed by atoms with van der Waals surface area (Å²) in [4.78, 5) is 0. The van der Waals surface area contributed by atoms with E-state index in [1.54, 1.807) is 0 Å². The molecule has 5 fully saturated rings. The van der Waals surface area contributed by atoms with Gasteiger partial charge >= 0.3 is 22.4 Å². The molecule has 0 spiro atoms. The first kappa shape index (κ1) is 31.5. The largest absolute Gasteiger partial charge is 5.00 e. The van der Waals surface area contributed by atoms with Crippen molar-refractivity contribution >= 4 is 0 Å². The molecule has 0 radical (unpaired) electrons. The Hall–Kier alpha value is 0.540. The van der Waals surface area contributed by atoms with E-state index >= 15 is 0 Å². The van der Waals surface area contributed by atoms with E-state index in [1.165, 1.54) is 96.3 Å². The molecule has 0 aromatic carbocycles. The molecule has 0 aliphatic carbocycles. The Morgan fingerprint density at radius 3 is 0.355 bits per heavy atom. The summed E-state index contributed by atoms with van der Waals surface area (Å²) in [5, 5.41) is 20.9. The predicted molar refractivity (Wildman–Crippen MR) is 135 cm³/mol. The van der Waals surface area contributed by atoms with Crippen LogP contribution >= 0.6 is 0 Å². The molecule has 0 atom stereocenters. The first-order chi connectivity index (χ1) is 15.0. The van der Waals surface area contributed by atoms with Gasteiger partial charge in [0.15, 0.2) is 0 Å². The van der Waals surface area contributed by atoms with Crippen molar-refractivity contribution in [2.75, 3.05) is 65.4 Å². The summed E-state index contributed by atoms with van der Waals surface area (Å²) < 4.78 is 0. The molecular formula is C25H50N5Ta. The van der Waals surface area contributed by atoms with E-state index in [9.17, 15) is 0 Å². The van der Waals surface area contributed by atoms with Gasteiger partial charge in [0, 0.05) is 0 Å². The zero-order valence-corrected chi connectivity index (χ0v) is 23.6. The second-order valence-corrected chi connectivity index (χ2v) is 8.66. The van der Waals surface area contributed by atoms with E-state index in [4.69, 9.17) is 0 Å². The molecular weight excluding hydrogens is 551 g/mol. The van der Waals surface area contributed by atoms with Gasteiger partial charge in [-0.1, -0.05) is 96.3 Å². The zero-order chi connectivity index (χ0) is 21.2. The maximum atomic E-state index is 4.18. The van der Waals surface area contributed by atoms with Crippen molar-refractivity contribution in [2.45, 2.75) is 96.3 Å². The maximum Gasteiger partial charge on any atom is 5.00 e. The standard InChI is InChI=1S/5C5H10N.Ta/c5*1-2-4-6-5-3-1;/h5*1-5H2;/q5*-1;+5. The fourth-order valence-electron chi connectivity index (χ4n) is 3.68. The quantitative estimate of drug-likeness (QED) is 0.273. The first-order valence-corrected chi connectivity index (χ1v) is 13.2. The maximum absolute atomic E-state index is 4.18. The van der Waals surface area contributed by atoms with Gasteiger partial charge in [0.1, 0.15) is 0 Å². The summed E-state index contributed by atoms with van der Waals surface area (Å²) in [6.07, 6.45) is 20.4. The molecule has 0 N–H and O–H groups in total. The third-order valence-corrected chi connectivity index (χ3v) is 5.66. The van der Waals surface area contributed by atoms with Gasteiger partial charge in [-0.25, -0.2) is 0 Å². The topological polar surface area (TPSA) is 70.5 Å². The fourth-order valence-corrected chi connectivity index (χ4v) is 3.68. The number of hydrogen-bond donors (Lipinski definition) is 0. The van der Waals surface area contributed by atoms with Crippen molar-refractivity contribution in [3.05, 3.63) is 26.6 Å². The Kier molecular flexibility index (Phi) is 29.1. The summed E-state index contributed by atoms with van der Waals surface area (Å²) in [6, 6.07) is 0. The summed E-state index contributed by atoms with van der Waals surface area (Å²) in [5.41, 5.74) is 0. The molecule has 6 heteroatoms. The fraction of sp³-hybridized carbons (Fsp3) is 1.00.